The molecule has 1 atom stereocenters. The molecule has 1 fully saturated rings. The number of nitrogens with one attached hydrogen (secondary N) is 1. The van der Waals surface area contributed by atoms with Gasteiger partial charge >= 0.3 is 5.76 Å². The Hall–Kier alpha value is -2.88. The summed E-state index contributed by atoms with van der Waals surface area (Å²) in [5.41, 5.74) is 1.41. The van der Waals surface area contributed by atoms with Crippen LogP contribution in [0.3, 0.4) is 0 Å². The van der Waals surface area contributed by atoms with Gasteiger partial charge in [0.05, 0.1) is 28.8 Å². The number of aromatic nitrogens is 3. The van der Waals surface area contributed by atoms with Crippen LogP contribution in [0, 0.1) is 0 Å². The number of amides is 1. The maximum absolute atomic E-state index is 12.8. The third-order valence-corrected chi connectivity index (χ3v) is 6.95. The maximum atomic E-state index is 12.8. The second-order valence-corrected chi connectivity index (χ2v) is 10.9. The summed E-state index contributed by atoms with van der Waals surface area (Å²) in [6.45, 7) is 5.75. The van der Waals surface area contributed by atoms with Crippen LogP contribution in [-0.4, -0.2) is 40.2 Å². The molecule has 2 aromatic heterocycles. The highest BCUT2D eigenvalue weighted by molar-refractivity contribution is 7.91. The van der Waals surface area contributed by atoms with E-state index in [9.17, 15) is 18.0 Å². The minimum Gasteiger partial charge on any atom is -0.408 e. The van der Waals surface area contributed by atoms with Gasteiger partial charge in [0.1, 0.15) is 12.4 Å². The largest absolute Gasteiger partial charge is 0.420 e. The highest BCUT2D eigenvalue weighted by Gasteiger charge is 2.33. The first-order valence-electron chi connectivity index (χ1n) is 9.72. The van der Waals surface area contributed by atoms with Gasteiger partial charge in [0, 0.05) is 11.5 Å². The molecule has 0 radical (unpaired) electrons. The second kappa shape index (κ2) is 7.12. The van der Waals surface area contributed by atoms with Crippen molar-refractivity contribution in [3.63, 3.8) is 0 Å². The van der Waals surface area contributed by atoms with Gasteiger partial charge in [-0.2, -0.15) is 5.10 Å². The van der Waals surface area contributed by atoms with Crippen molar-refractivity contribution < 1.29 is 17.6 Å². The highest BCUT2D eigenvalue weighted by atomic mass is 32.2. The Morgan fingerprint density at radius 3 is 2.70 bits per heavy atom. The number of benzene rings is 1. The van der Waals surface area contributed by atoms with E-state index in [1.54, 1.807) is 35.0 Å². The van der Waals surface area contributed by atoms with Crippen LogP contribution < -0.4 is 11.1 Å². The Morgan fingerprint density at radius 1 is 1.30 bits per heavy atom. The van der Waals surface area contributed by atoms with Crippen molar-refractivity contribution in [2.45, 2.75) is 45.2 Å². The van der Waals surface area contributed by atoms with Gasteiger partial charge in [0.15, 0.2) is 15.4 Å². The molecule has 4 rings (SSSR count). The fraction of sp³-hybridized carbons (Fsp3) is 0.450. The summed E-state index contributed by atoms with van der Waals surface area (Å²) in [6.07, 6.45) is 0.447. The second-order valence-electron chi connectivity index (χ2n) is 8.64. The highest BCUT2D eigenvalue weighted by Crippen LogP contribution is 2.30. The zero-order valence-electron chi connectivity index (χ0n) is 17.1. The summed E-state index contributed by atoms with van der Waals surface area (Å²) in [4.78, 5) is 24.9. The zero-order valence-corrected chi connectivity index (χ0v) is 17.9. The lowest BCUT2D eigenvalue weighted by Crippen LogP contribution is -2.26. The molecule has 160 valence electrons. The lowest BCUT2D eigenvalue weighted by atomic mass is 9.92. The normalized spacial score (nSPS) is 18.7. The van der Waals surface area contributed by atoms with Crippen LogP contribution in [0.15, 0.2) is 39.5 Å². The van der Waals surface area contributed by atoms with E-state index < -0.39 is 21.5 Å². The predicted molar refractivity (Wildman–Crippen MR) is 112 cm³/mol. The molecule has 1 aliphatic rings. The molecular formula is C20H24N4O5S. The van der Waals surface area contributed by atoms with Gasteiger partial charge in [-0.3, -0.25) is 9.36 Å². The van der Waals surface area contributed by atoms with Crippen molar-refractivity contribution in [1.29, 1.82) is 0 Å². The third kappa shape index (κ3) is 3.91. The van der Waals surface area contributed by atoms with Crippen molar-refractivity contribution in [3.8, 4) is 0 Å². The van der Waals surface area contributed by atoms with E-state index in [4.69, 9.17) is 4.42 Å². The fourth-order valence-corrected chi connectivity index (χ4v) is 5.28. The number of sulfone groups is 1. The van der Waals surface area contributed by atoms with E-state index in [0.717, 1.165) is 5.69 Å². The quantitative estimate of drug-likeness (QED) is 0.675. The lowest BCUT2D eigenvalue weighted by molar-refractivity contribution is -0.116. The zero-order chi connectivity index (χ0) is 21.7. The van der Waals surface area contributed by atoms with Gasteiger partial charge in [0.25, 0.3) is 0 Å². The Labute approximate surface area is 173 Å². The van der Waals surface area contributed by atoms with Gasteiger partial charge in [0.2, 0.25) is 5.91 Å². The monoisotopic (exact) mass is 432 g/mol. The van der Waals surface area contributed by atoms with Crippen molar-refractivity contribution in [2.24, 2.45) is 0 Å². The van der Waals surface area contributed by atoms with E-state index in [1.165, 1.54) is 4.57 Å². The van der Waals surface area contributed by atoms with E-state index in [0.29, 0.717) is 23.3 Å². The van der Waals surface area contributed by atoms with Crippen LogP contribution in [0.5, 0.6) is 0 Å². The smallest absolute Gasteiger partial charge is 0.408 e. The van der Waals surface area contributed by atoms with Gasteiger partial charge in [-0.15, -0.1) is 0 Å². The van der Waals surface area contributed by atoms with Gasteiger partial charge < -0.3 is 9.73 Å². The molecule has 9 nitrogen and oxygen atoms in total. The maximum Gasteiger partial charge on any atom is 0.420 e. The van der Waals surface area contributed by atoms with Crippen LogP contribution in [-0.2, 0) is 26.6 Å². The minimum absolute atomic E-state index is 0.00698. The van der Waals surface area contributed by atoms with Crippen LogP contribution in [0.1, 0.15) is 38.9 Å². The standard InChI is InChI=1S/C20H24N4O5S/c1-20(2,3)16-10-17(24(22-16)13-8-9-30(27,28)12-13)21-18(25)11-23-14-6-4-5-7-15(14)29-19(23)26/h4-7,10,13H,8-9,11-12H2,1-3H3,(H,21,25)/t13-/m0/s1. The Kier molecular flexibility index (Phi) is 4.84. The summed E-state index contributed by atoms with van der Waals surface area (Å²) in [5.74, 6) is -0.518. The van der Waals surface area contributed by atoms with Gasteiger partial charge in [-0.1, -0.05) is 32.9 Å². The van der Waals surface area contributed by atoms with Crippen molar-refractivity contribution in [3.05, 3.63) is 46.6 Å². The topological polar surface area (TPSA) is 116 Å². The Bertz CT molecular complexity index is 1280. The first kappa shape index (κ1) is 20.4. The molecule has 10 heteroatoms. The number of fused-ring (bicyclic) bond motifs is 1. The summed E-state index contributed by atoms with van der Waals surface area (Å²) in [6, 6.07) is 8.31. The molecule has 1 saturated heterocycles. The number of carbonyl (C=O) groups is 1. The summed E-state index contributed by atoms with van der Waals surface area (Å²) < 4.78 is 31.9. The first-order chi connectivity index (χ1) is 14.0. The third-order valence-electron chi connectivity index (χ3n) is 5.20. The molecule has 3 heterocycles. The average Bonchev–Trinajstić information content (AvgIpc) is 3.31. The molecule has 1 aromatic carbocycles. The Morgan fingerprint density at radius 2 is 2.03 bits per heavy atom. The average molecular weight is 433 g/mol. The molecular weight excluding hydrogens is 408 g/mol. The molecule has 1 aliphatic heterocycles. The first-order valence-corrected chi connectivity index (χ1v) is 11.5. The lowest BCUT2D eigenvalue weighted by Gasteiger charge is -2.15. The molecule has 3 aromatic rings. The summed E-state index contributed by atoms with van der Waals surface area (Å²) in [7, 11) is -3.12. The number of hydrogen-bond acceptors (Lipinski definition) is 6. The van der Waals surface area contributed by atoms with Crippen LogP contribution >= 0.6 is 0 Å². The predicted octanol–water partition coefficient (Wildman–Crippen LogP) is 2.09. The molecule has 1 N–H and O–H groups in total. The number of carbonyl (C=O) groups excluding carboxylic acids is 1. The summed E-state index contributed by atoms with van der Waals surface area (Å²) in [5, 5.41) is 7.40. The van der Waals surface area contributed by atoms with Crippen molar-refractivity contribution in [2.75, 3.05) is 16.8 Å². The van der Waals surface area contributed by atoms with E-state index in [2.05, 4.69) is 10.4 Å². The van der Waals surface area contributed by atoms with E-state index in [-0.39, 0.29) is 29.5 Å². The van der Waals surface area contributed by atoms with Crippen LogP contribution in [0.4, 0.5) is 5.82 Å². The number of para-hydroxylation sites is 2. The number of anilines is 1. The minimum atomic E-state index is -3.12. The van der Waals surface area contributed by atoms with E-state index in [1.807, 2.05) is 20.8 Å². The number of nitrogens with zero attached hydrogens (tertiary/aromatic N) is 3. The molecule has 0 bridgehead atoms. The van der Waals surface area contributed by atoms with Gasteiger partial charge in [-0.25, -0.2) is 17.9 Å². The molecule has 1 amide bonds. The molecule has 0 spiro atoms. The Balaban J connectivity index is 1.63. The van der Waals surface area contributed by atoms with Crippen LogP contribution in [0.2, 0.25) is 0 Å². The molecule has 0 unspecified atom stereocenters. The number of rotatable bonds is 4. The number of oxazole rings is 1. The molecule has 0 aliphatic carbocycles. The van der Waals surface area contributed by atoms with E-state index >= 15 is 0 Å². The molecule has 0 saturated carbocycles. The van der Waals surface area contributed by atoms with Crippen molar-refractivity contribution >= 4 is 32.7 Å². The summed E-state index contributed by atoms with van der Waals surface area (Å²) >= 11 is 0. The van der Waals surface area contributed by atoms with Crippen LogP contribution in [0.25, 0.3) is 11.1 Å². The van der Waals surface area contributed by atoms with Gasteiger partial charge in [-0.05, 0) is 18.6 Å². The molecule has 30 heavy (non-hydrogen) atoms. The van der Waals surface area contributed by atoms with Crippen molar-refractivity contribution in [1.82, 2.24) is 14.3 Å². The number of hydrogen-bond donors (Lipinski definition) is 1. The SMILES string of the molecule is CC(C)(C)c1cc(NC(=O)Cn2c(=O)oc3ccccc32)n([C@H]2CCS(=O)(=O)C2)n1. The fourth-order valence-electron chi connectivity index (χ4n) is 3.59.